The smallest absolute Gasteiger partial charge is 0.193 e. The first-order valence-corrected chi connectivity index (χ1v) is 9.33. The number of hydrogen-bond donors (Lipinski definition) is 1. The molecule has 0 unspecified atom stereocenters. The van der Waals surface area contributed by atoms with E-state index in [1.165, 1.54) is 51.0 Å². The highest BCUT2D eigenvalue weighted by atomic mass is 16.3. The maximum absolute atomic E-state index is 12.5. The summed E-state index contributed by atoms with van der Waals surface area (Å²) in [5.74, 6) is 0.984. The highest BCUT2D eigenvalue weighted by molar-refractivity contribution is 5.78. The summed E-state index contributed by atoms with van der Waals surface area (Å²) in [5.41, 5.74) is 1.11. The van der Waals surface area contributed by atoms with Crippen molar-refractivity contribution in [3.8, 4) is 5.75 Å². The monoisotopic (exact) mass is 326 g/mol. The second-order valence-electron chi connectivity index (χ2n) is 8.07. The number of fused-ring (bicyclic) bond motifs is 3. The number of aromatic hydroxyl groups is 1. The van der Waals surface area contributed by atoms with Crippen molar-refractivity contribution in [2.24, 2.45) is 5.41 Å². The third-order valence-corrected chi connectivity index (χ3v) is 6.53. The normalized spacial score (nSPS) is 28.7. The van der Waals surface area contributed by atoms with Gasteiger partial charge in [-0.1, -0.05) is 26.2 Å². The molecule has 24 heavy (non-hydrogen) atoms. The average molecular weight is 326 g/mol. The van der Waals surface area contributed by atoms with Crippen LogP contribution in [0.15, 0.2) is 33.5 Å². The largest absolute Gasteiger partial charge is 0.508 e. The zero-order valence-corrected chi connectivity index (χ0v) is 14.4. The third kappa shape index (κ3) is 2.45. The van der Waals surface area contributed by atoms with Crippen LogP contribution in [0, 0.1) is 5.41 Å². The Labute approximate surface area is 142 Å². The van der Waals surface area contributed by atoms with Gasteiger partial charge in [-0.15, -0.1) is 0 Å². The molecule has 0 atom stereocenters. The molecule has 1 N–H and O–H groups in total. The summed E-state index contributed by atoms with van der Waals surface area (Å²) in [6.45, 7) is 2.26. The standard InChI is InChI=1S/C21H26O3/c1-2-3-4-7-20-8-10-21(14-20,11-9-20)19-13-17(23)16-12-15(22)5-6-18(16)24-19/h5-6,12-13,22H,2-4,7-11,14H2,1H3. The first-order chi connectivity index (χ1) is 11.6. The Hall–Kier alpha value is -1.77. The molecule has 1 aromatic heterocycles. The van der Waals surface area contributed by atoms with Crippen LogP contribution in [0.5, 0.6) is 5.75 Å². The van der Waals surface area contributed by atoms with Gasteiger partial charge >= 0.3 is 0 Å². The van der Waals surface area contributed by atoms with Gasteiger partial charge in [0.15, 0.2) is 5.43 Å². The Balaban J connectivity index is 1.66. The van der Waals surface area contributed by atoms with Crippen molar-refractivity contribution in [1.29, 1.82) is 0 Å². The predicted molar refractivity (Wildman–Crippen MR) is 95.5 cm³/mol. The van der Waals surface area contributed by atoms with Crippen molar-refractivity contribution in [3.05, 3.63) is 40.2 Å². The predicted octanol–water partition coefficient (Wildman–Crippen LogP) is 5.28. The van der Waals surface area contributed by atoms with Crippen molar-refractivity contribution in [2.45, 2.75) is 70.1 Å². The fourth-order valence-electron chi connectivity index (χ4n) is 5.16. The van der Waals surface area contributed by atoms with Crippen LogP contribution >= 0.6 is 0 Å². The molecular weight excluding hydrogens is 300 g/mol. The van der Waals surface area contributed by atoms with E-state index in [4.69, 9.17) is 4.42 Å². The highest BCUT2D eigenvalue weighted by Crippen LogP contribution is 2.64. The molecule has 2 fully saturated rings. The van der Waals surface area contributed by atoms with E-state index in [9.17, 15) is 9.90 Å². The van der Waals surface area contributed by atoms with Gasteiger partial charge in [-0.25, -0.2) is 0 Å². The second-order valence-corrected chi connectivity index (χ2v) is 8.07. The lowest BCUT2D eigenvalue weighted by Gasteiger charge is -2.27. The van der Waals surface area contributed by atoms with Crippen molar-refractivity contribution >= 4 is 11.0 Å². The van der Waals surface area contributed by atoms with Gasteiger partial charge in [0.2, 0.25) is 0 Å². The quantitative estimate of drug-likeness (QED) is 0.760. The Morgan fingerprint density at radius 2 is 1.92 bits per heavy atom. The average Bonchev–Trinajstić information content (AvgIpc) is 3.13. The fourth-order valence-corrected chi connectivity index (χ4v) is 5.16. The van der Waals surface area contributed by atoms with E-state index < -0.39 is 0 Å². The molecule has 3 nitrogen and oxygen atoms in total. The second kappa shape index (κ2) is 5.65. The van der Waals surface area contributed by atoms with Crippen molar-refractivity contribution in [3.63, 3.8) is 0 Å². The number of hydrogen-bond acceptors (Lipinski definition) is 3. The lowest BCUT2D eigenvalue weighted by atomic mass is 9.78. The Morgan fingerprint density at radius 1 is 1.12 bits per heavy atom. The van der Waals surface area contributed by atoms with Crippen LogP contribution in [0.4, 0.5) is 0 Å². The molecule has 0 aliphatic heterocycles. The molecule has 2 saturated carbocycles. The van der Waals surface area contributed by atoms with E-state index in [1.807, 2.05) is 0 Å². The van der Waals surface area contributed by atoms with E-state index >= 15 is 0 Å². The molecule has 2 aromatic rings. The Morgan fingerprint density at radius 3 is 2.67 bits per heavy atom. The molecular formula is C21H26O3. The lowest BCUT2D eigenvalue weighted by molar-refractivity contribution is 0.259. The van der Waals surface area contributed by atoms with Crippen LogP contribution < -0.4 is 5.43 Å². The maximum Gasteiger partial charge on any atom is 0.193 e. The van der Waals surface area contributed by atoms with Gasteiger partial charge in [0.05, 0.1) is 5.39 Å². The van der Waals surface area contributed by atoms with Gasteiger partial charge in [-0.3, -0.25) is 4.79 Å². The van der Waals surface area contributed by atoms with Crippen LogP contribution in [-0.2, 0) is 5.41 Å². The Kier molecular flexibility index (Phi) is 3.70. The van der Waals surface area contributed by atoms with Crippen LogP contribution in [0.1, 0.15) is 70.5 Å². The minimum atomic E-state index is -0.0353. The topological polar surface area (TPSA) is 50.4 Å². The van der Waals surface area contributed by atoms with E-state index in [2.05, 4.69) is 6.92 Å². The number of rotatable bonds is 5. The summed E-state index contributed by atoms with van der Waals surface area (Å²) < 4.78 is 6.16. The number of benzene rings is 1. The third-order valence-electron chi connectivity index (χ3n) is 6.53. The molecule has 128 valence electrons. The molecule has 0 spiro atoms. The maximum atomic E-state index is 12.5. The SMILES string of the molecule is CCCCCC12CCC(c3cc(=O)c4cc(O)ccc4o3)(CC1)C2. The van der Waals surface area contributed by atoms with Gasteiger partial charge < -0.3 is 9.52 Å². The fraction of sp³-hybridized carbons (Fsp3) is 0.571. The number of phenols is 1. The van der Waals surface area contributed by atoms with Crippen LogP contribution in [0.25, 0.3) is 11.0 Å². The molecule has 2 bridgehead atoms. The van der Waals surface area contributed by atoms with Crippen LogP contribution in [-0.4, -0.2) is 5.11 Å². The molecule has 4 rings (SSSR count). The van der Waals surface area contributed by atoms with Gasteiger partial charge in [0, 0.05) is 11.5 Å². The van der Waals surface area contributed by atoms with Crippen molar-refractivity contribution in [2.75, 3.05) is 0 Å². The molecule has 0 saturated heterocycles. The van der Waals surface area contributed by atoms with E-state index in [1.54, 1.807) is 18.2 Å². The molecule has 0 amide bonds. The lowest BCUT2D eigenvalue weighted by Crippen LogP contribution is -2.21. The highest BCUT2D eigenvalue weighted by Gasteiger charge is 2.55. The summed E-state index contributed by atoms with van der Waals surface area (Å²) in [4.78, 5) is 12.5. The zero-order chi connectivity index (χ0) is 16.8. The summed E-state index contributed by atoms with van der Waals surface area (Å²) in [6, 6.07) is 6.49. The minimum absolute atomic E-state index is 0.0353. The van der Waals surface area contributed by atoms with Crippen LogP contribution in [0.2, 0.25) is 0 Å². The molecule has 1 aromatic carbocycles. The molecule has 2 aliphatic carbocycles. The van der Waals surface area contributed by atoms with Gasteiger partial charge in [-0.2, -0.15) is 0 Å². The first kappa shape index (κ1) is 15.7. The van der Waals surface area contributed by atoms with E-state index in [0.29, 0.717) is 16.4 Å². The number of phenolic OH excluding ortho intramolecular Hbond substituents is 1. The zero-order valence-electron chi connectivity index (χ0n) is 14.4. The van der Waals surface area contributed by atoms with Gasteiger partial charge in [-0.05, 0) is 62.1 Å². The van der Waals surface area contributed by atoms with Gasteiger partial charge in [0.25, 0.3) is 0 Å². The summed E-state index contributed by atoms with van der Waals surface area (Å²) >= 11 is 0. The minimum Gasteiger partial charge on any atom is -0.508 e. The van der Waals surface area contributed by atoms with Crippen molar-refractivity contribution in [1.82, 2.24) is 0 Å². The van der Waals surface area contributed by atoms with E-state index in [0.717, 1.165) is 18.6 Å². The van der Waals surface area contributed by atoms with E-state index in [-0.39, 0.29) is 16.6 Å². The van der Waals surface area contributed by atoms with Crippen LogP contribution in [0.3, 0.4) is 0 Å². The molecule has 3 heteroatoms. The van der Waals surface area contributed by atoms with Crippen molar-refractivity contribution < 1.29 is 9.52 Å². The molecule has 1 heterocycles. The van der Waals surface area contributed by atoms with Gasteiger partial charge in [0.1, 0.15) is 17.1 Å². The summed E-state index contributed by atoms with van der Waals surface area (Å²) in [7, 11) is 0. The summed E-state index contributed by atoms with van der Waals surface area (Å²) in [5, 5.41) is 10.1. The number of unbranched alkanes of at least 4 members (excludes halogenated alkanes) is 2. The first-order valence-electron chi connectivity index (χ1n) is 9.33. The molecule has 2 aliphatic rings. The molecule has 0 radical (unpaired) electrons. The summed E-state index contributed by atoms with van der Waals surface area (Å²) in [6.07, 6.45) is 11.3. The Bertz CT molecular complexity index is 809.